The molecule has 3 rings (SSSR count). The Morgan fingerprint density at radius 3 is 2.03 bits per heavy atom. The van der Waals surface area contributed by atoms with E-state index in [4.69, 9.17) is 0 Å². The third-order valence-electron chi connectivity index (χ3n) is 6.50. The van der Waals surface area contributed by atoms with Gasteiger partial charge in [0, 0.05) is 11.1 Å². The first-order valence-electron chi connectivity index (χ1n) is 12.1. The highest BCUT2D eigenvalue weighted by atomic mass is 14.3. The molecule has 0 heteroatoms. The molecule has 0 atom stereocenters. The topological polar surface area (TPSA) is 0 Å². The minimum atomic E-state index is 0.754. The van der Waals surface area contributed by atoms with Crippen LogP contribution >= 0.6 is 0 Å². The first kappa shape index (κ1) is 22.4. The fourth-order valence-corrected chi connectivity index (χ4v) is 4.55. The van der Waals surface area contributed by atoms with Crippen LogP contribution in [0.5, 0.6) is 0 Å². The van der Waals surface area contributed by atoms with Gasteiger partial charge in [-0.05, 0) is 92.2 Å². The van der Waals surface area contributed by atoms with Crippen LogP contribution in [0.4, 0.5) is 0 Å². The fraction of sp³-hybridized carbons (Fsp3) is 0.467. The fourth-order valence-electron chi connectivity index (χ4n) is 4.55. The van der Waals surface area contributed by atoms with Crippen molar-refractivity contribution in [3.63, 3.8) is 0 Å². The van der Waals surface area contributed by atoms with Crippen molar-refractivity contribution in [2.75, 3.05) is 0 Å². The number of allylic oxidation sites excluding steroid dienone is 2. The third kappa shape index (κ3) is 7.21. The number of hydrogen-bond acceptors (Lipinski definition) is 0. The molecule has 0 saturated heterocycles. The number of benzene rings is 2. The van der Waals surface area contributed by atoms with E-state index in [0.717, 1.165) is 42.2 Å². The number of aryl methyl sites for hydroxylation is 1. The zero-order valence-electron chi connectivity index (χ0n) is 19.0. The predicted molar refractivity (Wildman–Crippen MR) is 131 cm³/mol. The summed E-state index contributed by atoms with van der Waals surface area (Å²) < 4.78 is 0. The van der Waals surface area contributed by atoms with E-state index in [0.29, 0.717) is 0 Å². The Morgan fingerprint density at radius 2 is 1.43 bits per heavy atom. The summed E-state index contributed by atoms with van der Waals surface area (Å²) in [5.74, 6) is 8.40. The molecule has 0 heterocycles. The SMILES string of the molecule is CC/C=C/CCc1ccc(C#Cc2ccc(C3CCC(CCCC)CC3)cc2)cc1. The molecule has 2 aromatic carbocycles. The highest BCUT2D eigenvalue weighted by molar-refractivity contribution is 5.44. The van der Waals surface area contributed by atoms with Crippen molar-refractivity contribution in [1.82, 2.24) is 0 Å². The van der Waals surface area contributed by atoms with Gasteiger partial charge in [0.15, 0.2) is 0 Å². The van der Waals surface area contributed by atoms with Crippen molar-refractivity contribution in [2.24, 2.45) is 5.92 Å². The van der Waals surface area contributed by atoms with E-state index in [1.165, 1.54) is 56.1 Å². The Labute approximate surface area is 184 Å². The summed E-state index contributed by atoms with van der Waals surface area (Å²) in [5.41, 5.74) is 5.10. The molecule has 2 aromatic rings. The second kappa shape index (κ2) is 12.4. The van der Waals surface area contributed by atoms with Crippen LogP contribution < -0.4 is 0 Å². The summed E-state index contributed by atoms with van der Waals surface area (Å²) >= 11 is 0. The lowest BCUT2D eigenvalue weighted by molar-refractivity contribution is 0.304. The van der Waals surface area contributed by atoms with Crippen LogP contribution in [-0.4, -0.2) is 0 Å². The quantitative estimate of drug-likeness (QED) is 0.309. The summed E-state index contributed by atoms with van der Waals surface area (Å²) in [6.45, 7) is 4.48. The van der Waals surface area contributed by atoms with Gasteiger partial charge in [-0.1, -0.05) is 81.4 Å². The van der Waals surface area contributed by atoms with Gasteiger partial charge in [-0.3, -0.25) is 0 Å². The maximum atomic E-state index is 3.34. The first-order valence-corrected chi connectivity index (χ1v) is 12.1. The number of rotatable bonds is 8. The van der Waals surface area contributed by atoms with Crippen LogP contribution in [0.2, 0.25) is 0 Å². The smallest absolute Gasteiger partial charge is 0.0249 e. The van der Waals surface area contributed by atoms with Crippen molar-refractivity contribution < 1.29 is 0 Å². The molecule has 0 aromatic heterocycles. The largest absolute Gasteiger partial charge is 0.0888 e. The van der Waals surface area contributed by atoms with Crippen molar-refractivity contribution in [3.05, 3.63) is 82.9 Å². The highest BCUT2D eigenvalue weighted by Crippen LogP contribution is 2.37. The van der Waals surface area contributed by atoms with Gasteiger partial charge in [0.1, 0.15) is 0 Å². The van der Waals surface area contributed by atoms with Gasteiger partial charge >= 0.3 is 0 Å². The van der Waals surface area contributed by atoms with Gasteiger partial charge < -0.3 is 0 Å². The second-order valence-electron chi connectivity index (χ2n) is 8.85. The third-order valence-corrected chi connectivity index (χ3v) is 6.50. The Balaban J connectivity index is 1.50. The zero-order valence-corrected chi connectivity index (χ0v) is 19.0. The number of unbranched alkanes of at least 4 members (excludes halogenated alkanes) is 1. The van der Waals surface area contributed by atoms with E-state index in [9.17, 15) is 0 Å². The summed E-state index contributed by atoms with van der Waals surface area (Å²) in [6, 6.07) is 17.8. The molecule has 0 amide bonds. The Hall–Kier alpha value is -2.26. The summed E-state index contributed by atoms with van der Waals surface area (Å²) in [5, 5.41) is 0. The lowest BCUT2D eigenvalue weighted by Gasteiger charge is -2.28. The molecule has 0 N–H and O–H groups in total. The molecule has 0 bridgehead atoms. The van der Waals surface area contributed by atoms with Crippen molar-refractivity contribution in [2.45, 2.75) is 84.0 Å². The van der Waals surface area contributed by atoms with E-state index >= 15 is 0 Å². The van der Waals surface area contributed by atoms with E-state index < -0.39 is 0 Å². The van der Waals surface area contributed by atoms with Crippen LogP contribution in [0.1, 0.15) is 99.8 Å². The molecule has 30 heavy (non-hydrogen) atoms. The van der Waals surface area contributed by atoms with Crippen LogP contribution in [0.25, 0.3) is 0 Å². The van der Waals surface area contributed by atoms with E-state index in [1.807, 2.05) is 0 Å². The van der Waals surface area contributed by atoms with Crippen LogP contribution in [-0.2, 0) is 6.42 Å². The van der Waals surface area contributed by atoms with Gasteiger partial charge in [-0.15, -0.1) is 0 Å². The summed E-state index contributed by atoms with van der Waals surface area (Å²) in [7, 11) is 0. The summed E-state index contributed by atoms with van der Waals surface area (Å²) in [4.78, 5) is 0. The van der Waals surface area contributed by atoms with E-state index in [-0.39, 0.29) is 0 Å². The normalized spacial score (nSPS) is 18.9. The maximum absolute atomic E-state index is 3.34. The minimum Gasteiger partial charge on any atom is -0.0888 e. The van der Waals surface area contributed by atoms with Crippen LogP contribution in [0.15, 0.2) is 60.7 Å². The van der Waals surface area contributed by atoms with E-state index in [1.54, 1.807) is 0 Å². The molecule has 1 fully saturated rings. The lowest BCUT2D eigenvalue weighted by Crippen LogP contribution is -2.13. The van der Waals surface area contributed by atoms with Crippen LogP contribution in [0, 0.1) is 17.8 Å². The van der Waals surface area contributed by atoms with Gasteiger partial charge in [-0.2, -0.15) is 0 Å². The Bertz CT molecular complexity index is 818. The standard InChI is InChI=1S/C30H38/c1-3-5-7-8-10-26-11-13-27(14-12-26)15-16-28-19-23-30(24-20-28)29-21-17-25(18-22-29)9-6-4-2/h5,7,11-14,19-20,23-25,29H,3-4,6,8-10,17-18,21-22H2,1-2H3/b7-5+. The molecule has 1 saturated carbocycles. The zero-order chi connectivity index (χ0) is 21.0. The Morgan fingerprint density at radius 1 is 0.800 bits per heavy atom. The minimum absolute atomic E-state index is 0.754. The average molecular weight is 399 g/mol. The molecule has 0 nitrogen and oxygen atoms in total. The molecule has 0 unspecified atom stereocenters. The maximum Gasteiger partial charge on any atom is 0.0249 e. The number of hydrogen-bond donors (Lipinski definition) is 0. The molecule has 1 aliphatic carbocycles. The highest BCUT2D eigenvalue weighted by Gasteiger charge is 2.21. The van der Waals surface area contributed by atoms with Gasteiger partial charge in [-0.25, -0.2) is 0 Å². The molecule has 1 aliphatic rings. The van der Waals surface area contributed by atoms with Gasteiger partial charge in [0.25, 0.3) is 0 Å². The molecule has 158 valence electrons. The monoisotopic (exact) mass is 398 g/mol. The van der Waals surface area contributed by atoms with Crippen molar-refractivity contribution >= 4 is 0 Å². The lowest BCUT2D eigenvalue weighted by atomic mass is 9.77. The van der Waals surface area contributed by atoms with Crippen molar-refractivity contribution in [1.29, 1.82) is 0 Å². The molecule has 0 spiro atoms. The second-order valence-corrected chi connectivity index (χ2v) is 8.85. The average Bonchev–Trinajstić information content (AvgIpc) is 2.81. The van der Waals surface area contributed by atoms with Gasteiger partial charge in [0.2, 0.25) is 0 Å². The van der Waals surface area contributed by atoms with E-state index in [2.05, 4.69) is 86.4 Å². The van der Waals surface area contributed by atoms with Crippen molar-refractivity contribution in [3.8, 4) is 11.8 Å². The molecule has 0 radical (unpaired) electrons. The van der Waals surface area contributed by atoms with Gasteiger partial charge in [0.05, 0.1) is 0 Å². The Kier molecular flexibility index (Phi) is 9.30. The molecular formula is C30H38. The first-order chi connectivity index (χ1) is 14.8. The van der Waals surface area contributed by atoms with Crippen LogP contribution in [0.3, 0.4) is 0 Å². The molecule has 0 aliphatic heterocycles. The summed E-state index contributed by atoms with van der Waals surface area (Å²) in [6.07, 6.45) is 17.6. The predicted octanol–water partition coefficient (Wildman–Crippen LogP) is 8.45. The molecular weight excluding hydrogens is 360 g/mol.